The van der Waals surface area contributed by atoms with Gasteiger partial charge in [0.05, 0.1) is 0 Å². The van der Waals surface area contributed by atoms with Gasteiger partial charge >= 0.3 is 76.7 Å². The largest absolute Gasteiger partial charge is 1.00 e. The van der Waals surface area contributed by atoms with Crippen molar-refractivity contribution >= 4 is 11.3 Å². The van der Waals surface area contributed by atoms with Crippen LogP contribution in [0.5, 0.6) is 0 Å². The van der Waals surface area contributed by atoms with E-state index < -0.39 is 8.07 Å². The summed E-state index contributed by atoms with van der Waals surface area (Å²) in [6.45, 7) is 29.5. The predicted molar refractivity (Wildman–Crippen MR) is 185 cm³/mol. The van der Waals surface area contributed by atoms with Gasteiger partial charge in [-0.15, -0.1) is 5.56 Å². The molecule has 236 valence electrons. The molecule has 0 aliphatic heterocycles. The van der Waals surface area contributed by atoms with E-state index in [0.29, 0.717) is 5.92 Å². The van der Waals surface area contributed by atoms with Gasteiger partial charge in [0, 0.05) is 0 Å². The summed E-state index contributed by atoms with van der Waals surface area (Å²) in [5, 5.41) is 1.60. The fraction of sp³-hybridized carbons (Fsp3) is 0.425. The van der Waals surface area contributed by atoms with E-state index in [1.165, 1.54) is 77.5 Å². The van der Waals surface area contributed by atoms with E-state index in [2.05, 4.69) is 162 Å². The van der Waals surface area contributed by atoms with Crippen molar-refractivity contribution in [3.63, 3.8) is 0 Å². The molecule has 0 aromatic heterocycles. The monoisotopic (exact) mass is 720 g/mol. The van der Waals surface area contributed by atoms with Crippen molar-refractivity contribution in [3.8, 4) is 11.1 Å². The topological polar surface area (TPSA) is 0 Å². The Bertz CT molecular complexity index is 1430. The van der Waals surface area contributed by atoms with Gasteiger partial charge in [0.1, 0.15) is 0 Å². The van der Waals surface area contributed by atoms with Crippen LogP contribution >= 0.6 is 0 Å². The summed E-state index contributed by atoms with van der Waals surface area (Å²) in [6, 6.07) is 23.7. The maximum Gasteiger partial charge on any atom is -1.00 e. The Morgan fingerprint density at radius 2 is 1.36 bits per heavy atom. The number of allylic oxidation sites excluding steroid dienone is 4. The average Bonchev–Trinajstić information content (AvgIpc) is 3.42. The Labute approximate surface area is 298 Å². The van der Waals surface area contributed by atoms with Gasteiger partial charge in [-0.2, -0.15) is 35.4 Å². The third kappa shape index (κ3) is 10.9. The van der Waals surface area contributed by atoms with Crippen molar-refractivity contribution in [2.75, 3.05) is 0 Å². The van der Waals surface area contributed by atoms with Crippen LogP contribution in [-0.4, -0.2) is 11.3 Å². The molecular formula is C40H52Cl2SiZr-2. The molecular weight excluding hydrogens is 671 g/mol. The summed E-state index contributed by atoms with van der Waals surface area (Å²) in [5.41, 5.74) is 12.9. The van der Waals surface area contributed by atoms with Crippen molar-refractivity contribution in [3.05, 3.63) is 117 Å². The second kappa shape index (κ2) is 16.0. The third-order valence-electron chi connectivity index (χ3n) is 8.08. The number of hydrogen-bond donors (Lipinski definition) is 0. The molecule has 0 N–H and O–H groups in total. The molecule has 44 heavy (non-hydrogen) atoms. The van der Waals surface area contributed by atoms with Crippen molar-refractivity contribution in [1.82, 2.24) is 0 Å². The molecule has 0 saturated carbocycles. The maximum atomic E-state index is 3.53. The molecule has 0 bridgehead atoms. The fourth-order valence-electron chi connectivity index (χ4n) is 5.44. The molecule has 0 amide bonds. The minimum atomic E-state index is -1.07. The predicted octanol–water partition coefficient (Wildman–Crippen LogP) is 4.93. The SMILES string of the molecule is CC(C)(C)c1c[c-]c2c(c1)-c1cc(C(C)(C)C)ccc1C2.CC1=[C-]C(C)C=C1[Si](C)(C)C.C[C](=[Zr+2])c1ccc(C)cc1.[Cl-].[Cl-]. The molecule has 1 atom stereocenters. The zero-order valence-electron chi connectivity index (χ0n) is 29.3. The van der Waals surface area contributed by atoms with E-state index in [-0.39, 0.29) is 35.6 Å². The molecule has 5 rings (SSSR count). The van der Waals surface area contributed by atoms with E-state index >= 15 is 0 Å². The summed E-state index contributed by atoms with van der Waals surface area (Å²) in [7, 11) is -1.07. The Kier molecular flexibility index (Phi) is 14.8. The summed E-state index contributed by atoms with van der Waals surface area (Å²) in [6.07, 6.45) is 6.84. The molecule has 0 spiro atoms. The zero-order chi connectivity index (χ0) is 31.6. The van der Waals surface area contributed by atoms with E-state index in [1.807, 2.05) is 0 Å². The third-order valence-corrected chi connectivity index (χ3v) is 11.0. The van der Waals surface area contributed by atoms with Gasteiger partial charge in [0.25, 0.3) is 0 Å². The molecule has 4 heteroatoms. The second-order valence-corrected chi connectivity index (χ2v) is 22.1. The smallest absolute Gasteiger partial charge is 1.00 e. The van der Waals surface area contributed by atoms with Crippen LogP contribution < -0.4 is 24.8 Å². The van der Waals surface area contributed by atoms with Crippen LogP contribution in [0.4, 0.5) is 0 Å². The summed E-state index contributed by atoms with van der Waals surface area (Å²) in [4.78, 5) is 0. The van der Waals surface area contributed by atoms with E-state index in [4.69, 9.17) is 0 Å². The Balaban J connectivity index is 0.000000358. The first-order chi connectivity index (χ1) is 19.3. The Morgan fingerprint density at radius 1 is 0.818 bits per heavy atom. The number of halogens is 2. The first-order valence-electron chi connectivity index (χ1n) is 15.4. The first kappa shape index (κ1) is 40.7. The molecule has 2 aliphatic rings. The Morgan fingerprint density at radius 3 is 1.80 bits per heavy atom. The molecule has 1 unspecified atom stereocenters. The van der Waals surface area contributed by atoms with Gasteiger partial charge in [0.2, 0.25) is 0 Å². The van der Waals surface area contributed by atoms with Crippen LogP contribution in [0, 0.1) is 25.0 Å². The molecule has 0 saturated heterocycles. The molecule has 3 aromatic rings. The average molecular weight is 723 g/mol. The minimum absolute atomic E-state index is 0. The van der Waals surface area contributed by atoms with Gasteiger partial charge in [-0.05, 0) is 25.5 Å². The number of aryl methyl sites for hydroxylation is 1. The van der Waals surface area contributed by atoms with Crippen LogP contribution in [0.3, 0.4) is 0 Å². The van der Waals surface area contributed by atoms with Crippen LogP contribution in [0.15, 0.2) is 71.4 Å². The fourth-order valence-corrected chi connectivity index (χ4v) is 7.79. The van der Waals surface area contributed by atoms with Gasteiger partial charge < -0.3 is 24.8 Å². The van der Waals surface area contributed by atoms with Crippen LogP contribution in [-0.2, 0) is 41.5 Å². The van der Waals surface area contributed by atoms with E-state index in [1.54, 1.807) is 5.20 Å². The summed E-state index contributed by atoms with van der Waals surface area (Å²) < 4.78 is 1.46. The summed E-state index contributed by atoms with van der Waals surface area (Å²) in [5.74, 6) is 0.553. The standard InChI is InChI=1S/C21H25.C10H17Si.C9H10.2ClH.Zr/c1-20(2,3)16-9-7-14-11-15-8-10-17(21(4,5)6)13-19(15)18(14)12-16;1-8-6-9(2)10(7-8)11(3,4)5;1-3-9-6-4-8(2)5-7-9;;;/h7,9-10,12-13H,11H2,1-6H3;7-8H,1-5H3;4-7H,1-2H3;2*1H;/q2*-1;;;;+2/p-2. The van der Waals surface area contributed by atoms with E-state index in [0.717, 1.165) is 6.42 Å². The Hall–Kier alpha value is -1.31. The molecule has 0 radical (unpaired) electrons. The van der Waals surface area contributed by atoms with Crippen molar-refractivity contribution in [2.45, 2.75) is 106 Å². The number of fused-ring (bicyclic) bond motifs is 3. The second-order valence-electron chi connectivity index (χ2n) is 15.2. The van der Waals surface area contributed by atoms with Crippen LogP contribution in [0.1, 0.15) is 95.7 Å². The molecule has 2 aliphatic carbocycles. The van der Waals surface area contributed by atoms with Gasteiger partial charge in [-0.3, -0.25) is 6.08 Å². The quantitative estimate of drug-likeness (QED) is 0.204. The molecule has 0 nitrogen and oxygen atoms in total. The molecule has 0 fully saturated rings. The van der Waals surface area contributed by atoms with Crippen molar-refractivity contribution in [2.24, 2.45) is 5.92 Å². The van der Waals surface area contributed by atoms with Crippen molar-refractivity contribution < 1.29 is 49.0 Å². The van der Waals surface area contributed by atoms with Crippen LogP contribution in [0.25, 0.3) is 11.1 Å². The first-order valence-corrected chi connectivity index (χ1v) is 20.1. The number of benzene rings is 3. The molecule has 3 aromatic carbocycles. The maximum absolute atomic E-state index is 3.53. The molecule has 0 heterocycles. The van der Waals surface area contributed by atoms with Crippen LogP contribution in [0.2, 0.25) is 19.6 Å². The summed E-state index contributed by atoms with van der Waals surface area (Å²) >= 11 is 1.51. The van der Waals surface area contributed by atoms with E-state index in [9.17, 15) is 0 Å². The normalized spacial score (nSPS) is 15.1. The minimum Gasteiger partial charge on any atom is -1.00 e. The van der Waals surface area contributed by atoms with Gasteiger partial charge in [-0.1, -0.05) is 116 Å². The zero-order valence-corrected chi connectivity index (χ0v) is 34.3. The van der Waals surface area contributed by atoms with Gasteiger partial charge in [-0.25, -0.2) is 10.8 Å². The van der Waals surface area contributed by atoms with Crippen molar-refractivity contribution in [1.29, 1.82) is 0 Å². The number of hydrogen-bond acceptors (Lipinski definition) is 0. The number of rotatable bonds is 2. The van der Waals surface area contributed by atoms with Gasteiger partial charge in [0.15, 0.2) is 0 Å².